The molecule has 1 rings (SSSR count). The van der Waals surface area contributed by atoms with Gasteiger partial charge in [0.25, 0.3) is 0 Å². The summed E-state index contributed by atoms with van der Waals surface area (Å²) >= 11 is 3.63. The van der Waals surface area contributed by atoms with Gasteiger partial charge >= 0.3 is 0 Å². The van der Waals surface area contributed by atoms with Crippen molar-refractivity contribution in [3.8, 4) is 0 Å². The fourth-order valence-electron chi connectivity index (χ4n) is 2.19. The summed E-state index contributed by atoms with van der Waals surface area (Å²) in [5.41, 5.74) is 1.23. The second kappa shape index (κ2) is 9.54. The van der Waals surface area contributed by atoms with Crippen LogP contribution in [-0.2, 0) is 4.74 Å². The molecule has 2 nitrogen and oxygen atoms in total. The van der Waals surface area contributed by atoms with E-state index in [1.165, 1.54) is 18.4 Å². The molecule has 1 N–H and O–H groups in total. The monoisotopic (exact) mass is 341 g/mol. The second-order valence-electron chi connectivity index (χ2n) is 5.80. The highest BCUT2D eigenvalue weighted by molar-refractivity contribution is 9.10. The summed E-state index contributed by atoms with van der Waals surface area (Å²) < 4.78 is 7.31. The lowest BCUT2D eigenvalue weighted by Gasteiger charge is -2.23. The van der Waals surface area contributed by atoms with Crippen LogP contribution in [0.1, 0.15) is 52.2 Å². The van der Waals surface area contributed by atoms with Crippen molar-refractivity contribution in [2.24, 2.45) is 5.92 Å². The summed E-state index contributed by atoms with van der Waals surface area (Å²) in [7, 11) is 0. The molecular formula is C17H28BrNO. The minimum atomic E-state index is 0.104. The highest BCUT2D eigenvalue weighted by Crippen LogP contribution is 2.26. The Morgan fingerprint density at radius 1 is 1.20 bits per heavy atom. The molecule has 0 radical (unpaired) electrons. The largest absolute Gasteiger partial charge is 0.372 e. The molecule has 1 aromatic carbocycles. The first-order valence-electron chi connectivity index (χ1n) is 7.64. The van der Waals surface area contributed by atoms with E-state index in [4.69, 9.17) is 4.74 Å². The molecule has 0 saturated carbocycles. The molecule has 0 amide bonds. The van der Waals surface area contributed by atoms with Crippen LogP contribution >= 0.6 is 15.9 Å². The molecular weight excluding hydrogens is 314 g/mol. The van der Waals surface area contributed by atoms with E-state index in [0.29, 0.717) is 12.0 Å². The smallest absolute Gasteiger partial charge is 0.0960 e. The molecule has 0 aliphatic carbocycles. The van der Waals surface area contributed by atoms with Gasteiger partial charge in [0.05, 0.1) is 12.7 Å². The summed E-state index contributed by atoms with van der Waals surface area (Å²) in [5.74, 6) is 0.615. The van der Waals surface area contributed by atoms with Gasteiger partial charge in [0.2, 0.25) is 0 Å². The molecule has 0 bridgehead atoms. The summed E-state index contributed by atoms with van der Waals surface area (Å²) in [5, 5.41) is 3.48. The Bertz CT molecular complexity index is 381. The van der Waals surface area contributed by atoms with E-state index in [9.17, 15) is 0 Å². The van der Waals surface area contributed by atoms with Crippen molar-refractivity contribution in [2.75, 3.05) is 13.2 Å². The van der Waals surface area contributed by atoms with E-state index >= 15 is 0 Å². The predicted octanol–water partition coefficient (Wildman–Crippen LogP) is 4.94. The van der Waals surface area contributed by atoms with Crippen LogP contribution in [0, 0.1) is 5.92 Å². The number of rotatable bonds is 9. The number of hydrogen-bond acceptors (Lipinski definition) is 2. The Balaban J connectivity index is 2.67. The molecule has 2 atom stereocenters. The molecule has 0 aliphatic rings. The maximum Gasteiger partial charge on any atom is 0.0960 e. The van der Waals surface area contributed by atoms with Crippen LogP contribution in [0.3, 0.4) is 0 Å². The lowest BCUT2D eigenvalue weighted by molar-refractivity contribution is 0.0285. The first-order chi connectivity index (χ1) is 9.54. The third-order valence-corrected chi connectivity index (χ3v) is 4.05. The first-order valence-corrected chi connectivity index (χ1v) is 8.43. The van der Waals surface area contributed by atoms with Gasteiger partial charge in [-0.1, -0.05) is 68.2 Å². The highest BCUT2D eigenvalue weighted by atomic mass is 79.9. The van der Waals surface area contributed by atoms with Crippen LogP contribution in [0.2, 0.25) is 0 Å². The minimum Gasteiger partial charge on any atom is -0.372 e. The van der Waals surface area contributed by atoms with Gasteiger partial charge in [-0.25, -0.2) is 0 Å². The van der Waals surface area contributed by atoms with Crippen molar-refractivity contribution in [1.82, 2.24) is 5.32 Å². The van der Waals surface area contributed by atoms with Crippen molar-refractivity contribution in [3.05, 3.63) is 34.3 Å². The predicted molar refractivity (Wildman–Crippen MR) is 90.0 cm³/mol. The van der Waals surface area contributed by atoms with E-state index in [0.717, 1.165) is 17.6 Å². The van der Waals surface area contributed by atoms with Gasteiger partial charge < -0.3 is 10.1 Å². The van der Waals surface area contributed by atoms with E-state index in [2.05, 4.69) is 67.1 Å². The van der Waals surface area contributed by atoms with Gasteiger partial charge in [-0.3, -0.25) is 0 Å². The molecule has 0 aromatic heterocycles. The standard InChI is InChI=1S/C17H28BrNO/c1-5-8-14(4)12-20-17(11-19-13(2)3)15-9-6-7-10-16(15)18/h6-7,9-10,13-14,17,19H,5,8,11-12H2,1-4H3. The Morgan fingerprint density at radius 3 is 2.50 bits per heavy atom. The van der Waals surface area contributed by atoms with Crippen LogP contribution < -0.4 is 5.32 Å². The number of ether oxygens (including phenoxy) is 1. The van der Waals surface area contributed by atoms with Crippen LogP contribution in [0.4, 0.5) is 0 Å². The Morgan fingerprint density at radius 2 is 1.90 bits per heavy atom. The van der Waals surface area contributed by atoms with Crippen molar-refractivity contribution >= 4 is 15.9 Å². The van der Waals surface area contributed by atoms with E-state index < -0.39 is 0 Å². The van der Waals surface area contributed by atoms with Gasteiger partial charge in [-0.05, 0) is 24.0 Å². The van der Waals surface area contributed by atoms with Crippen molar-refractivity contribution in [1.29, 1.82) is 0 Å². The van der Waals surface area contributed by atoms with Gasteiger partial charge in [0.1, 0.15) is 0 Å². The van der Waals surface area contributed by atoms with Crippen LogP contribution in [0.15, 0.2) is 28.7 Å². The molecule has 0 aliphatic heterocycles. The van der Waals surface area contributed by atoms with E-state index in [1.807, 2.05) is 6.07 Å². The molecule has 0 saturated heterocycles. The second-order valence-corrected chi connectivity index (χ2v) is 6.65. The van der Waals surface area contributed by atoms with Crippen molar-refractivity contribution < 1.29 is 4.74 Å². The zero-order chi connectivity index (χ0) is 15.0. The zero-order valence-corrected chi connectivity index (χ0v) is 14.7. The van der Waals surface area contributed by atoms with Gasteiger partial charge in [0.15, 0.2) is 0 Å². The molecule has 20 heavy (non-hydrogen) atoms. The highest BCUT2D eigenvalue weighted by Gasteiger charge is 2.16. The lowest BCUT2D eigenvalue weighted by Crippen LogP contribution is -2.30. The molecule has 114 valence electrons. The van der Waals surface area contributed by atoms with Crippen LogP contribution in [-0.4, -0.2) is 19.2 Å². The first kappa shape index (κ1) is 17.7. The normalized spacial score (nSPS) is 14.5. The van der Waals surface area contributed by atoms with Crippen LogP contribution in [0.25, 0.3) is 0 Å². The Labute approximate surface area is 132 Å². The topological polar surface area (TPSA) is 21.3 Å². The fraction of sp³-hybridized carbons (Fsp3) is 0.647. The molecule has 0 spiro atoms. The number of halogens is 1. The minimum absolute atomic E-state index is 0.104. The maximum absolute atomic E-state index is 6.18. The third-order valence-electron chi connectivity index (χ3n) is 3.33. The van der Waals surface area contributed by atoms with Gasteiger partial charge in [0, 0.05) is 17.1 Å². The number of hydrogen-bond donors (Lipinski definition) is 1. The van der Waals surface area contributed by atoms with E-state index in [1.54, 1.807) is 0 Å². The number of nitrogens with one attached hydrogen (secondary N) is 1. The van der Waals surface area contributed by atoms with Crippen molar-refractivity contribution in [2.45, 2.75) is 52.7 Å². The SMILES string of the molecule is CCCC(C)COC(CNC(C)C)c1ccccc1Br. The average molecular weight is 342 g/mol. The van der Waals surface area contributed by atoms with Gasteiger partial charge in [-0.2, -0.15) is 0 Å². The lowest BCUT2D eigenvalue weighted by atomic mass is 10.1. The summed E-state index contributed by atoms with van der Waals surface area (Å²) in [6.45, 7) is 10.5. The summed E-state index contributed by atoms with van der Waals surface area (Å²) in [6, 6.07) is 8.80. The molecule has 1 aromatic rings. The molecule has 0 heterocycles. The fourth-order valence-corrected chi connectivity index (χ4v) is 2.73. The Kier molecular flexibility index (Phi) is 8.43. The summed E-state index contributed by atoms with van der Waals surface area (Å²) in [6.07, 6.45) is 2.54. The molecule has 0 fully saturated rings. The third kappa shape index (κ3) is 6.38. The van der Waals surface area contributed by atoms with E-state index in [-0.39, 0.29) is 6.10 Å². The van der Waals surface area contributed by atoms with Crippen LogP contribution in [0.5, 0.6) is 0 Å². The average Bonchev–Trinajstić information content (AvgIpc) is 2.40. The molecule has 2 unspecified atom stereocenters. The van der Waals surface area contributed by atoms with Gasteiger partial charge in [-0.15, -0.1) is 0 Å². The molecule has 3 heteroatoms. The number of benzene rings is 1. The zero-order valence-electron chi connectivity index (χ0n) is 13.2. The van der Waals surface area contributed by atoms with Crippen molar-refractivity contribution in [3.63, 3.8) is 0 Å². The quantitative estimate of drug-likeness (QED) is 0.686. The Hall–Kier alpha value is -0.380. The maximum atomic E-state index is 6.18. The summed E-state index contributed by atoms with van der Waals surface area (Å²) in [4.78, 5) is 0.